The van der Waals surface area contributed by atoms with Gasteiger partial charge in [-0.2, -0.15) is 0 Å². The highest BCUT2D eigenvalue weighted by Gasteiger charge is 2.39. The minimum Gasteiger partial charge on any atom is -0.378 e. The van der Waals surface area contributed by atoms with E-state index in [2.05, 4.69) is 17.1 Å². The second-order valence-electron chi connectivity index (χ2n) is 6.50. The van der Waals surface area contributed by atoms with Crippen molar-refractivity contribution in [1.29, 1.82) is 0 Å². The number of piperidine rings is 1. The minimum atomic E-state index is 0.0984. The summed E-state index contributed by atoms with van der Waals surface area (Å²) >= 11 is 0. The molecule has 4 rings (SSSR count). The molecule has 0 amide bonds. The summed E-state index contributed by atoms with van der Waals surface area (Å²) in [5.74, 6) is 1.07. The summed E-state index contributed by atoms with van der Waals surface area (Å²) in [5, 5.41) is 3.71. The molecule has 0 aliphatic carbocycles. The number of carbonyl (C=O) groups is 1. The Morgan fingerprint density at radius 3 is 2.43 bits per heavy atom. The predicted molar refractivity (Wildman–Crippen MR) is 85.2 cm³/mol. The zero-order chi connectivity index (χ0) is 15.8. The number of rotatable bonds is 3. The first-order valence-corrected chi connectivity index (χ1v) is 8.07. The summed E-state index contributed by atoms with van der Waals surface area (Å²) in [6.45, 7) is 1.47. The van der Waals surface area contributed by atoms with Crippen molar-refractivity contribution < 1.29 is 14.1 Å². The minimum absolute atomic E-state index is 0.0984. The Balaban J connectivity index is 1.51. The summed E-state index contributed by atoms with van der Waals surface area (Å²) in [7, 11) is 2.14. The Labute approximate surface area is 135 Å². The number of nitrogens with zero attached hydrogens (tertiary/aromatic N) is 2. The molecule has 2 aromatic rings. The van der Waals surface area contributed by atoms with Crippen LogP contribution in [0.4, 0.5) is 0 Å². The van der Waals surface area contributed by atoms with Gasteiger partial charge in [-0.15, -0.1) is 0 Å². The van der Waals surface area contributed by atoms with Gasteiger partial charge in [0.25, 0.3) is 0 Å². The predicted octanol–water partition coefficient (Wildman–Crippen LogP) is 2.63. The highest BCUT2D eigenvalue weighted by atomic mass is 16.5. The number of ketones is 1. The molecule has 120 valence electrons. The molecule has 2 aliphatic rings. The van der Waals surface area contributed by atoms with Gasteiger partial charge in [0, 0.05) is 35.2 Å². The number of hydrogen-bond donors (Lipinski definition) is 0. The van der Waals surface area contributed by atoms with Crippen LogP contribution in [-0.2, 0) is 4.74 Å². The number of ether oxygens (including phenoxy) is 1. The Hall–Kier alpha value is -1.98. The number of aromatic nitrogens is 1. The van der Waals surface area contributed by atoms with Crippen molar-refractivity contribution in [3.63, 3.8) is 0 Å². The average Bonchev–Trinajstić information content (AvgIpc) is 3.08. The molecule has 0 saturated carbocycles. The summed E-state index contributed by atoms with van der Waals surface area (Å²) < 4.78 is 10.8. The topological polar surface area (TPSA) is 55.6 Å². The highest BCUT2D eigenvalue weighted by Crippen LogP contribution is 2.32. The molecule has 5 nitrogen and oxygen atoms in total. The molecule has 0 N–H and O–H groups in total. The molecule has 1 aromatic heterocycles. The molecular formula is C18H20N2O3. The van der Waals surface area contributed by atoms with Gasteiger partial charge >= 0.3 is 0 Å². The van der Waals surface area contributed by atoms with E-state index in [0.717, 1.165) is 42.9 Å². The van der Waals surface area contributed by atoms with E-state index >= 15 is 0 Å². The smallest absolute Gasteiger partial charge is 0.166 e. The zero-order valence-corrected chi connectivity index (χ0v) is 13.1. The number of hydrogen-bond acceptors (Lipinski definition) is 5. The molecule has 2 saturated heterocycles. The van der Waals surface area contributed by atoms with Gasteiger partial charge in [-0.25, -0.2) is 0 Å². The molecule has 2 unspecified atom stereocenters. The summed E-state index contributed by atoms with van der Waals surface area (Å²) in [4.78, 5) is 15.2. The second kappa shape index (κ2) is 5.91. The van der Waals surface area contributed by atoms with E-state index in [4.69, 9.17) is 9.26 Å². The first-order valence-electron chi connectivity index (χ1n) is 8.07. The molecule has 23 heavy (non-hydrogen) atoms. The fourth-order valence-corrected chi connectivity index (χ4v) is 3.71. The van der Waals surface area contributed by atoms with E-state index in [-0.39, 0.29) is 11.7 Å². The Bertz CT molecular complexity index is 667. The molecule has 0 spiro atoms. The third kappa shape index (κ3) is 2.71. The quantitative estimate of drug-likeness (QED) is 0.816. The average molecular weight is 312 g/mol. The van der Waals surface area contributed by atoms with E-state index < -0.39 is 0 Å². The van der Waals surface area contributed by atoms with E-state index in [0.29, 0.717) is 12.1 Å². The standard InChI is InChI=1S/C18H20N2O3/c1-20-15-8-14(9-16(20)11-22-10-15)18(21)13-4-2-12(3-5-13)17-6-7-19-23-17/h2-7,14-16H,8-11H2,1H3. The maximum absolute atomic E-state index is 12.8. The van der Waals surface area contributed by atoms with Gasteiger partial charge in [-0.3, -0.25) is 9.69 Å². The highest BCUT2D eigenvalue weighted by molar-refractivity contribution is 5.98. The summed E-state index contributed by atoms with van der Waals surface area (Å²) in [6.07, 6.45) is 3.39. The normalized spacial score (nSPS) is 27.8. The number of likely N-dealkylation sites (N-methyl/N-ethyl adjacent to an activating group) is 1. The van der Waals surface area contributed by atoms with Crippen LogP contribution in [0.15, 0.2) is 41.1 Å². The van der Waals surface area contributed by atoms with Crippen molar-refractivity contribution in [3.8, 4) is 11.3 Å². The number of carbonyl (C=O) groups excluding carboxylic acids is 1. The monoisotopic (exact) mass is 312 g/mol. The lowest BCUT2D eigenvalue weighted by Crippen LogP contribution is -2.55. The molecule has 1 aromatic carbocycles. The van der Waals surface area contributed by atoms with Crippen LogP contribution in [0.5, 0.6) is 0 Å². The van der Waals surface area contributed by atoms with Crippen LogP contribution in [0.2, 0.25) is 0 Å². The van der Waals surface area contributed by atoms with Crippen LogP contribution in [0.25, 0.3) is 11.3 Å². The van der Waals surface area contributed by atoms with Crippen molar-refractivity contribution in [2.75, 3.05) is 20.3 Å². The number of fused-ring (bicyclic) bond motifs is 2. The third-order valence-corrected chi connectivity index (χ3v) is 5.15. The first-order chi connectivity index (χ1) is 11.2. The van der Waals surface area contributed by atoms with Gasteiger partial charge in [-0.05, 0) is 19.9 Å². The SMILES string of the molecule is CN1C2COCC1CC(C(=O)c1ccc(-c3ccno3)cc1)C2. The van der Waals surface area contributed by atoms with Crippen LogP contribution >= 0.6 is 0 Å². The van der Waals surface area contributed by atoms with Gasteiger partial charge in [0.1, 0.15) is 0 Å². The van der Waals surface area contributed by atoms with Crippen molar-refractivity contribution in [1.82, 2.24) is 10.1 Å². The fourth-order valence-electron chi connectivity index (χ4n) is 3.71. The molecule has 5 heteroatoms. The van der Waals surface area contributed by atoms with Gasteiger partial charge in [-0.1, -0.05) is 29.4 Å². The summed E-state index contributed by atoms with van der Waals surface area (Å²) in [5.41, 5.74) is 1.72. The zero-order valence-electron chi connectivity index (χ0n) is 13.1. The molecule has 0 radical (unpaired) electrons. The molecule has 2 atom stereocenters. The van der Waals surface area contributed by atoms with E-state index in [1.165, 1.54) is 0 Å². The van der Waals surface area contributed by atoms with E-state index in [1.54, 1.807) is 6.20 Å². The number of benzene rings is 1. The summed E-state index contributed by atoms with van der Waals surface area (Å²) in [6, 6.07) is 10.2. The number of Topliss-reactive ketones (excluding diaryl/α,β-unsaturated/α-hetero) is 1. The Morgan fingerprint density at radius 1 is 1.13 bits per heavy atom. The molecule has 2 fully saturated rings. The van der Waals surface area contributed by atoms with Crippen LogP contribution in [-0.4, -0.2) is 48.2 Å². The maximum atomic E-state index is 12.8. The van der Waals surface area contributed by atoms with Crippen molar-refractivity contribution >= 4 is 5.78 Å². The van der Waals surface area contributed by atoms with Crippen LogP contribution in [0, 0.1) is 5.92 Å². The van der Waals surface area contributed by atoms with Gasteiger partial charge in [0.15, 0.2) is 11.5 Å². The van der Waals surface area contributed by atoms with Gasteiger partial charge in [0.2, 0.25) is 0 Å². The largest absolute Gasteiger partial charge is 0.378 e. The van der Waals surface area contributed by atoms with E-state index in [1.807, 2.05) is 30.3 Å². The lowest BCUT2D eigenvalue weighted by molar-refractivity contribution is -0.0702. The molecule has 2 aliphatic heterocycles. The van der Waals surface area contributed by atoms with Gasteiger partial charge < -0.3 is 9.26 Å². The fraction of sp³-hybridized carbons (Fsp3) is 0.444. The molecule has 2 bridgehead atoms. The first kappa shape index (κ1) is 14.6. The second-order valence-corrected chi connectivity index (χ2v) is 6.50. The molecular weight excluding hydrogens is 292 g/mol. The third-order valence-electron chi connectivity index (χ3n) is 5.15. The van der Waals surface area contributed by atoms with Crippen molar-refractivity contribution in [2.45, 2.75) is 24.9 Å². The number of morpholine rings is 1. The lowest BCUT2D eigenvalue weighted by Gasteiger charge is -2.46. The maximum Gasteiger partial charge on any atom is 0.166 e. The Morgan fingerprint density at radius 2 is 1.83 bits per heavy atom. The molecule has 3 heterocycles. The van der Waals surface area contributed by atoms with Gasteiger partial charge in [0.05, 0.1) is 19.4 Å². The van der Waals surface area contributed by atoms with Crippen LogP contribution < -0.4 is 0 Å². The van der Waals surface area contributed by atoms with Crippen LogP contribution in [0.3, 0.4) is 0 Å². The lowest BCUT2D eigenvalue weighted by atomic mass is 9.81. The van der Waals surface area contributed by atoms with Crippen molar-refractivity contribution in [3.05, 3.63) is 42.1 Å². The van der Waals surface area contributed by atoms with E-state index in [9.17, 15) is 4.79 Å². The van der Waals surface area contributed by atoms with Crippen molar-refractivity contribution in [2.24, 2.45) is 5.92 Å². The van der Waals surface area contributed by atoms with Crippen LogP contribution in [0.1, 0.15) is 23.2 Å². The Kier molecular flexibility index (Phi) is 3.75.